The maximum atomic E-state index is 9.13. The monoisotopic (exact) mass is 389 g/mol. The van der Waals surface area contributed by atoms with Crippen LogP contribution in [0.4, 0.5) is 0 Å². The number of benzene rings is 1. The van der Waals surface area contributed by atoms with Gasteiger partial charge in [-0.2, -0.15) is 0 Å². The fourth-order valence-electron chi connectivity index (χ4n) is 1.10. The molecule has 1 aromatic carbocycles. The van der Waals surface area contributed by atoms with Gasteiger partial charge in [-0.1, -0.05) is 0 Å². The van der Waals surface area contributed by atoms with Crippen LogP contribution in [0.25, 0.3) is 10.4 Å². The average Bonchev–Trinajstić information content (AvgIpc) is 2.53. The van der Waals surface area contributed by atoms with Gasteiger partial charge in [0.05, 0.1) is 0 Å². The Bertz CT molecular complexity index is 408. The molecule has 2 rings (SSSR count). The molecule has 4 heteroatoms. The molecule has 0 saturated heterocycles. The van der Waals surface area contributed by atoms with Crippen molar-refractivity contribution in [1.82, 2.24) is 0 Å². The number of hydrogen-bond donors (Lipinski definition) is 2. The van der Waals surface area contributed by atoms with Crippen molar-refractivity contribution in [3.8, 4) is 21.9 Å². The zero-order valence-electron chi connectivity index (χ0n) is 7.07. The van der Waals surface area contributed by atoms with Crippen molar-refractivity contribution in [3.05, 3.63) is 35.7 Å². The minimum absolute atomic E-state index is 0. The molecule has 1 heterocycles. The first-order chi connectivity index (χ1) is 6.25. The molecule has 77 valence electrons. The summed E-state index contributed by atoms with van der Waals surface area (Å²) in [4.78, 5) is 0.998. The van der Waals surface area contributed by atoms with E-state index in [2.05, 4.69) is 0 Å². The molecule has 0 amide bonds. The molecular formula is C10H8AuO2S. The predicted molar refractivity (Wildman–Crippen MR) is 53.1 cm³/mol. The topological polar surface area (TPSA) is 40.5 Å². The maximum Gasteiger partial charge on any atom is 0.126 e. The van der Waals surface area contributed by atoms with Crippen molar-refractivity contribution < 1.29 is 32.6 Å². The van der Waals surface area contributed by atoms with Crippen LogP contribution in [0.15, 0.2) is 35.7 Å². The number of hydrogen-bond acceptors (Lipinski definition) is 3. The second-order valence-corrected chi connectivity index (χ2v) is 3.63. The van der Waals surface area contributed by atoms with Gasteiger partial charge in [-0.15, -0.1) is 11.3 Å². The summed E-state index contributed by atoms with van der Waals surface area (Å²) in [6.07, 6.45) is 0. The van der Waals surface area contributed by atoms with Crippen molar-refractivity contribution in [1.29, 1.82) is 0 Å². The molecule has 0 aliphatic rings. The van der Waals surface area contributed by atoms with Gasteiger partial charge in [0.1, 0.15) is 11.5 Å². The molecule has 0 atom stereocenters. The Hall–Kier alpha value is -0.740. The van der Waals surface area contributed by atoms with Gasteiger partial charge in [0.25, 0.3) is 0 Å². The minimum Gasteiger partial charge on any atom is -0.508 e. The summed E-state index contributed by atoms with van der Waals surface area (Å²) >= 11 is 1.48. The Labute approximate surface area is 101 Å². The summed E-state index contributed by atoms with van der Waals surface area (Å²) in [6, 6.07) is 8.61. The third-order valence-corrected chi connectivity index (χ3v) is 2.70. The van der Waals surface area contributed by atoms with Gasteiger partial charge >= 0.3 is 0 Å². The molecule has 2 N–H and O–H groups in total. The SMILES string of the molecule is Oc1ccc(-c2cc(O)cs2)cc1.[Au]. The molecule has 0 saturated carbocycles. The van der Waals surface area contributed by atoms with Gasteiger partial charge < -0.3 is 10.2 Å². The van der Waals surface area contributed by atoms with Gasteiger partial charge in [-0.25, -0.2) is 0 Å². The third kappa shape index (κ3) is 2.39. The van der Waals surface area contributed by atoms with Crippen molar-refractivity contribution >= 4 is 11.3 Å². The van der Waals surface area contributed by atoms with E-state index < -0.39 is 0 Å². The van der Waals surface area contributed by atoms with Crippen molar-refractivity contribution in [2.75, 3.05) is 0 Å². The van der Waals surface area contributed by atoms with Crippen LogP contribution >= 0.6 is 11.3 Å². The summed E-state index contributed by atoms with van der Waals surface area (Å²) < 4.78 is 0. The molecule has 0 aliphatic carbocycles. The van der Waals surface area contributed by atoms with Crippen LogP contribution in [0, 0.1) is 0 Å². The summed E-state index contributed by atoms with van der Waals surface area (Å²) in [6.45, 7) is 0. The zero-order valence-corrected chi connectivity index (χ0v) is 10.1. The molecule has 2 aromatic rings. The van der Waals surface area contributed by atoms with Crippen LogP contribution in [0.5, 0.6) is 11.5 Å². The van der Waals surface area contributed by atoms with E-state index in [4.69, 9.17) is 10.2 Å². The van der Waals surface area contributed by atoms with Crippen molar-refractivity contribution in [2.24, 2.45) is 0 Å². The molecule has 0 spiro atoms. The second kappa shape index (κ2) is 4.66. The van der Waals surface area contributed by atoms with E-state index in [0.717, 1.165) is 10.4 Å². The van der Waals surface area contributed by atoms with Crippen LogP contribution < -0.4 is 0 Å². The number of rotatable bonds is 1. The predicted octanol–water partition coefficient (Wildman–Crippen LogP) is 2.82. The van der Waals surface area contributed by atoms with Crippen LogP contribution in [0.2, 0.25) is 0 Å². The Kier molecular flexibility index (Phi) is 3.77. The molecule has 14 heavy (non-hydrogen) atoms. The number of thiophene rings is 1. The second-order valence-electron chi connectivity index (χ2n) is 2.72. The Balaban J connectivity index is 0.000000980. The van der Waals surface area contributed by atoms with Gasteiger partial charge in [-0.05, 0) is 35.9 Å². The Morgan fingerprint density at radius 2 is 1.57 bits per heavy atom. The Morgan fingerprint density at radius 1 is 0.929 bits per heavy atom. The van der Waals surface area contributed by atoms with Crippen LogP contribution in [0.3, 0.4) is 0 Å². The van der Waals surface area contributed by atoms with E-state index in [-0.39, 0.29) is 33.9 Å². The van der Waals surface area contributed by atoms with Crippen LogP contribution in [0.1, 0.15) is 0 Å². The normalized spacial score (nSPS) is 9.43. The van der Waals surface area contributed by atoms with Gasteiger partial charge in [0, 0.05) is 32.6 Å². The fourth-order valence-corrected chi connectivity index (χ4v) is 1.88. The zero-order chi connectivity index (χ0) is 9.26. The average molecular weight is 389 g/mol. The smallest absolute Gasteiger partial charge is 0.126 e. The number of phenols is 1. The summed E-state index contributed by atoms with van der Waals surface area (Å²) in [5.41, 5.74) is 1.00. The molecule has 0 fully saturated rings. The molecule has 1 aromatic heterocycles. The van der Waals surface area contributed by atoms with Crippen molar-refractivity contribution in [2.45, 2.75) is 0 Å². The first-order valence-electron chi connectivity index (χ1n) is 3.82. The Morgan fingerprint density at radius 3 is 2.07 bits per heavy atom. The van der Waals surface area contributed by atoms with E-state index in [9.17, 15) is 0 Å². The molecule has 1 radical (unpaired) electrons. The van der Waals surface area contributed by atoms with E-state index in [0.29, 0.717) is 0 Å². The first kappa shape index (κ1) is 11.3. The van der Waals surface area contributed by atoms with Gasteiger partial charge in [-0.3, -0.25) is 0 Å². The quantitative estimate of drug-likeness (QED) is 0.737. The molecule has 0 aliphatic heterocycles. The largest absolute Gasteiger partial charge is 0.508 e. The van der Waals surface area contributed by atoms with E-state index in [1.54, 1.807) is 23.6 Å². The van der Waals surface area contributed by atoms with E-state index in [1.807, 2.05) is 12.1 Å². The van der Waals surface area contributed by atoms with Crippen LogP contribution in [-0.2, 0) is 22.4 Å². The number of phenolic OH excluding ortho intramolecular Hbond substituents is 1. The summed E-state index contributed by atoms with van der Waals surface area (Å²) in [5, 5.41) is 19.9. The molecular weight excluding hydrogens is 381 g/mol. The molecule has 0 unspecified atom stereocenters. The summed E-state index contributed by atoms with van der Waals surface area (Å²) in [5.74, 6) is 0.539. The molecule has 0 bridgehead atoms. The fraction of sp³-hybridized carbons (Fsp3) is 0. The van der Waals surface area contributed by atoms with Gasteiger partial charge in [0.2, 0.25) is 0 Å². The third-order valence-electron chi connectivity index (χ3n) is 1.74. The van der Waals surface area contributed by atoms with Gasteiger partial charge in [0.15, 0.2) is 0 Å². The number of aromatic hydroxyl groups is 2. The minimum atomic E-state index is 0. The van der Waals surface area contributed by atoms with E-state index >= 15 is 0 Å². The maximum absolute atomic E-state index is 9.13. The van der Waals surface area contributed by atoms with E-state index in [1.165, 1.54) is 11.3 Å². The standard InChI is InChI=1S/C10H8O2S.Au/c11-8-3-1-7(2-4-8)10-5-9(12)6-13-10;/h1-6,11-12H;. The summed E-state index contributed by atoms with van der Waals surface area (Å²) in [7, 11) is 0. The van der Waals surface area contributed by atoms with Crippen LogP contribution in [-0.4, -0.2) is 10.2 Å². The first-order valence-corrected chi connectivity index (χ1v) is 4.70. The van der Waals surface area contributed by atoms with Crippen molar-refractivity contribution in [3.63, 3.8) is 0 Å². The molecule has 2 nitrogen and oxygen atoms in total.